The number of rotatable bonds is 3. The number of carbonyl (C=O) groups is 1. The zero-order valence-electron chi connectivity index (χ0n) is 8.97. The van der Waals surface area contributed by atoms with Crippen LogP contribution in [0.25, 0.3) is 0 Å². The van der Waals surface area contributed by atoms with Crippen molar-refractivity contribution >= 4 is 5.97 Å². The van der Waals surface area contributed by atoms with Crippen LogP contribution in [-0.4, -0.2) is 25.8 Å². The van der Waals surface area contributed by atoms with E-state index in [2.05, 4.69) is 10.2 Å². The van der Waals surface area contributed by atoms with Crippen molar-refractivity contribution in [3.63, 3.8) is 0 Å². The predicted octanol–water partition coefficient (Wildman–Crippen LogP) is 1.18. The van der Waals surface area contributed by atoms with E-state index in [4.69, 9.17) is 5.11 Å². The lowest BCUT2D eigenvalue weighted by molar-refractivity contribution is -0.145. The fraction of sp³-hybridized carbons (Fsp3) is 0.700. The Kier molecular flexibility index (Phi) is 2.46. The molecule has 2 atom stereocenters. The lowest BCUT2D eigenvalue weighted by Gasteiger charge is -2.32. The van der Waals surface area contributed by atoms with Gasteiger partial charge in [-0.15, -0.1) is 10.2 Å². The van der Waals surface area contributed by atoms with Gasteiger partial charge in [0.1, 0.15) is 11.6 Å². The number of carboxylic acids is 1. The number of aliphatic carboxylic acids is 1. The average molecular weight is 209 g/mol. The highest BCUT2D eigenvalue weighted by Crippen LogP contribution is 2.41. The second kappa shape index (κ2) is 3.64. The van der Waals surface area contributed by atoms with Gasteiger partial charge in [-0.1, -0.05) is 0 Å². The Hall–Kier alpha value is -1.39. The molecule has 1 heterocycles. The van der Waals surface area contributed by atoms with Gasteiger partial charge in [-0.05, 0) is 26.7 Å². The van der Waals surface area contributed by atoms with Crippen LogP contribution in [0.4, 0.5) is 0 Å². The number of nitrogens with zero attached hydrogens (tertiary/aromatic N) is 3. The van der Waals surface area contributed by atoms with Gasteiger partial charge in [0, 0.05) is 12.5 Å². The van der Waals surface area contributed by atoms with E-state index in [1.165, 1.54) is 0 Å². The van der Waals surface area contributed by atoms with Crippen LogP contribution in [0.5, 0.6) is 0 Å². The SMILES string of the molecule is CCn1c(C)nnc1[C@@H]1CC[C@@H]1C(=O)O. The van der Waals surface area contributed by atoms with Crippen molar-refractivity contribution < 1.29 is 9.90 Å². The average Bonchev–Trinajstić information content (AvgIpc) is 2.44. The Labute approximate surface area is 88.1 Å². The number of hydrogen-bond donors (Lipinski definition) is 1. The van der Waals surface area contributed by atoms with Gasteiger partial charge in [-0.3, -0.25) is 4.79 Å². The molecule has 1 saturated carbocycles. The molecule has 1 aliphatic rings. The minimum absolute atomic E-state index is 0.0589. The highest BCUT2D eigenvalue weighted by molar-refractivity contribution is 5.72. The van der Waals surface area contributed by atoms with Gasteiger partial charge in [0.05, 0.1) is 5.92 Å². The maximum Gasteiger partial charge on any atom is 0.307 e. The van der Waals surface area contributed by atoms with Crippen LogP contribution in [0, 0.1) is 12.8 Å². The van der Waals surface area contributed by atoms with Gasteiger partial charge >= 0.3 is 5.97 Å². The van der Waals surface area contributed by atoms with Gasteiger partial charge in [-0.2, -0.15) is 0 Å². The van der Waals surface area contributed by atoms with Gasteiger partial charge in [0.25, 0.3) is 0 Å². The molecule has 0 radical (unpaired) electrons. The number of hydrogen-bond acceptors (Lipinski definition) is 3. The molecular weight excluding hydrogens is 194 g/mol. The number of carboxylic acid groups (broad SMARTS) is 1. The fourth-order valence-corrected chi connectivity index (χ4v) is 2.17. The molecular formula is C10H15N3O2. The van der Waals surface area contributed by atoms with E-state index in [1.807, 2.05) is 18.4 Å². The largest absolute Gasteiger partial charge is 0.481 e. The third-order valence-corrected chi connectivity index (χ3v) is 3.20. The molecule has 0 aromatic carbocycles. The highest BCUT2D eigenvalue weighted by Gasteiger charge is 2.40. The zero-order valence-corrected chi connectivity index (χ0v) is 8.97. The molecule has 1 N–H and O–H groups in total. The second-order valence-electron chi connectivity index (χ2n) is 3.98. The predicted molar refractivity (Wildman–Crippen MR) is 53.5 cm³/mol. The maximum atomic E-state index is 10.9. The van der Waals surface area contributed by atoms with E-state index in [0.717, 1.165) is 31.0 Å². The van der Waals surface area contributed by atoms with Crippen LogP contribution in [-0.2, 0) is 11.3 Å². The van der Waals surface area contributed by atoms with Gasteiger partial charge in [0.15, 0.2) is 0 Å². The van der Waals surface area contributed by atoms with Crippen LogP contribution in [0.15, 0.2) is 0 Å². The smallest absolute Gasteiger partial charge is 0.307 e. The summed E-state index contributed by atoms with van der Waals surface area (Å²) < 4.78 is 2.00. The van der Waals surface area contributed by atoms with Crippen LogP contribution in [0.2, 0.25) is 0 Å². The fourth-order valence-electron chi connectivity index (χ4n) is 2.17. The first-order valence-electron chi connectivity index (χ1n) is 5.27. The van der Waals surface area contributed by atoms with Crippen molar-refractivity contribution in [3.8, 4) is 0 Å². The summed E-state index contributed by atoms with van der Waals surface area (Å²) in [7, 11) is 0. The summed E-state index contributed by atoms with van der Waals surface area (Å²) in [4.78, 5) is 10.9. The molecule has 1 aromatic heterocycles. The molecule has 0 saturated heterocycles. The number of aryl methyl sites for hydroxylation is 1. The Bertz CT molecular complexity index is 386. The van der Waals surface area contributed by atoms with Crippen LogP contribution >= 0.6 is 0 Å². The third-order valence-electron chi connectivity index (χ3n) is 3.20. The monoisotopic (exact) mass is 209 g/mol. The summed E-state index contributed by atoms with van der Waals surface area (Å²) in [6.45, 7) is 4.72. The van der Waals surface area contributed by atoms with Crippen LogP contribution in [0.1, 0.15) is 37.3 Å². The number of aromatic nitrogens is 3. The molecule has 0 amide bonds. The van der Waals surface area contributed by atoms with Crippen molar-refractivity contribution in [1.29, 1.82) is 0 Å². The van der Waals surface area contributed by atoms with E-state index in [1.54, 1.807) is 0 Å². The molecule has 0 bridgehead atoms. The van der Waals surface area contributed by atoms with E-state index < -0.39 is 5.97 Å². The summed E-state index contributed by atoms with van der Waals surface area (Å²) in [5.74, 6) is 0.786. The molecule has 0 spiro atoms. The van der Waals surface area contributed by atoms with Crippen molar-refractivity contribution in [2.45, 2.75) is 39.2 Å². The van der Waals surface area contributed by atoms with Gasteiger partial charge in [-0.25, -0.2) is 0 Å². The minimum Gasteiger partial charge on any atom is -0.481 e. The van der Waals surface area contributed by atoms with E-state index in [9.17, 15) is 4.79 Å². The quantitative estimate of drug-likeness (QED) is 0.811. The van der Waals surface area contributed by atoms with E-state index in [-0.39, 0.29) is 11.8 Å². The van der Waals surface area contributed by atoms with Crippen LogP contribution in [0.3, 0.4) is 0 Å². The maximum absolute atomic E-state index is 10.9. The molecule has 1 fully saturated rings. The minimum atomic E-state index is -0.713. The topological polar surface area (TPSA) is 68.0 Å². The summed E-state index contributed by atoms with van der Waals surface area (Å²) in [5.41, 5.74) is 0. The molecule has 2 rings (SSSR count). The molecule has 5 heteroatoms. The van der Waals surface area contributed by atoms with Gasteiger partial charge < -0.3 is 9.67 Å². The Morgan fingerprint density at radius 3 is 2.73 bits per heavy atom. The molecule has 0 aliphatic heterocycles. The first-order chi connectivity index (χ1) is 7.15. The third kappa shape index (κ3) is 1.52. The summed E-state index contributed by atoms with van der Waals surface area (Å²) >= 11 is 0. The first kappa shape index (κ1) is 10.1. The van der Waals surface area contributed by atoms with Gasteiger partial charge in [0.2, 0.25) is 0 Å². The molecule has 15 heavy (non-hydrogen) atoms. The molecule has 82 valence electrons. The van der Waals surface area contributed by atoms with Crippen molar-refractivity contribution in [2.24, 2.45) is 5.92 Å². The molecule has 1 aliphatic carbocycles. The lowest BCUT2D eigenvalue weighted by Crippen LogP contribution is -2.33. The standard InChI is InChI=1S/C10H15N3O2/c1-3-13-6(2)11-12-9(13)7-4-5-8(7)10(14)15/h7-8H,3-5H2,1-2H3,(H,14,15)/t7-,8+/m1/s1. The zero-order chi connectivity index (χ0) is 11.0. The van der Waals surface area contributed by atoms with Crippen molar-refractivity contribution in [3.05, 3.63) is 11.6 Å². The lowest BCUT2D eigenvalue weighted by atomic mass is 9.73. The van der Waals surface area contributed by atoms with Crippen molar-refractivity contribution in [1.82, 2.24) is 14.8 Å². The Balaban J connectivity index is 2.26. The normalized spacial score (nSPS) is 24.9. The summed E-state index contributed by atoms with van der Waals surface area (Å²) in [5, 5.41) is 17.1. The van der Waals surface area contributed by atoms with E-state index in [0.29, 0.717) is 0 Å². The Morgan fingerprint density at radius 1 is 1.53 bits per heavy atom. The van der Waals surface area contributed by atoms with Crippen molar-refractivity contribution in [2.75, 3.05) is 0 Å². The summed E-state index contributed by atoms with van der Waals surface area (Å²) in [6.07, 6.45) is 1.67. The summed E-state index contributed by atoms with van der Waals surface area (Å²) in [6, 6.07) is 0. The molecule has 0 unspecified atom stereocenters. The Morgan fingerprint density at radius 2 is 2.27 bits per heavy atom. The van der Waals surface area contributed by atoms with E-state index >= 15 is 0 Å². The first-order valence-corrected chi connectivity index (χ1v) is 5.27. The van der Waals surface area contributed by atoms with Crippen LogP contribution < -0.4 is 0 Å². The molecule has 1 aromatic rings. The second-order valence-corrected chi connectivity index (χ2v) is 3.98. The highest BCUT2D eigenvalue weighted by atomic mass is 16.4. The molecule has 5 nitrogen and oxygen atoms in total.